The van der Waals surface area contributed by atoms with Crippen LogP contribution in [0, 0.1) is 6.92 Å². The fourth-order valence-corrected chi connectivity index (χ4v) is 1.53. The van der Waals surface area contributed by atoms with E-state index in [2.05, 4.69) is 26.1 Å². The maximum Gasteiger partial charge on any atom is 0.251 e. The molecule has 17 heavy (non-hydrogen) atoms. The second kappa shape index (κ2) is 5.67. The summed E-state index contributed by atoms with van der Waals surface area (Å²) < 4.78 is 0. The van der Waals surface area contributed by atoms with Gasteiger partial charge in [-0.25, -0.2) is 0 Å². The highest BCUT2D eigenvalue weighted by molar-refractivity contribution is 5.94. The summed E-state index contributed by atoms with van der Waals surface area (Å²) in [5.41, 5.74) is 4.34. The van der Waals surface area contributed by atoms with E-state index >= 15 is 0 Å². The van der Waals surface area contributed by atoms with Gasteiger partial charge in [-0.05, 0) is 46.8 Å². The summed E-state index contributed by atoms with van der Waals surface area (Å²) in [6.45, 7) is 10.2. The Morgan fingerprint density at radius 3 is 2.12 bits per heavy atom. The third kappa shape index (κ3) is 3.74. The van der Waals surface area contributed by atoms with E-state index in [-0.39, 0.29) is 11.9 Å². The van der Waals surface area contributed by atoms with Crippen molar-refractivity contribution < 1.29 is 4.79 Å². The van der Waals surface area contributed by atoms with Crippen molar-refractivity contribution in [2.75, 3.05) is 0 Å². The monoisotopic (exact) mass is 231 g/mol. The molecular formula is C15H21NO. The lowest BCUT2D eigenvalue weighted by atomic mass is 10.1. The van der Waals surface area contributed by atoms with Crippen LogP contribution in [0.25, 0.3) is 0 Å². The number of hydrogen-bond donors (Lipinski definition) is 1. The van der Waals surface area contributed by atoms with Crippen molar-refractivity contribution >= 4 is 5.91 Å². The number of carbonyl (C=O) groups excluding carboxylic acids is 1. The Kier molecular flexibility index (Phi) is 4.50. The molecule has 1 atom stereocenters. The zero-order valence-electron chi connectivity index (χ0n) is 11.3. The highest BCUT2D eigenvalue weighted by atomic mass is 16.1. The molecule has 0 radical (unpaired) electrons. The number of rotatable bonds is 3. The van der Waals surface area contributed by atoms with E-state index in [4.69, 9.17) is 0 Å². The zero-order valence-corrected chi connectivity index (χ0v) is 11.3. The standard InChI is InChI=1S/C15H21NO/c1-10(2)12(4)13(5)16-15(17)14-8-6-11(3)7-9-14/h6-9,13H,1-5H3,(H,16,17). The largest absolute Gasteiger partial charge is 0.346 e. The molecule has 0 aliphatic carbocycles. The molecule has 0 fully saturated rings. The minimum Gasteiger partial charge on any atom is -0.346 e. The fraction of sp³-hybridized carbons (Fsp3) is 0.400. The lowest BCUT2D eigenvalue weighted by molar-refractivity contribution is 0.0945. The van der Waals surface area contributed by atoms with Crippen molar-refractivity contribution in [1.82, 2.24) is 5.32 Å². The number of aryl methyl sites for hydroxylation is 1. The van der Waals surface area contributed by atoms with E-state index in [1.165, 1.54) is 11.1 Å². The Balaban J connectivity index is 2.73. The van der Waals surface area contributed by atoms with Gasteiger partial charge in [0.25, 0.3) is 5.91 Å². The van der Waals surface area contributed by atoms with E-state index in [1.807, 2.05) is 38.1 Å². The van der Waals surface area contributed by atoms with E-state index in [0.29, 0.717) is 5.56 Å². The van der Waals surface area contributed by atoms with Crippen LogP contribution in [-0.4, -0.2) is 11.9 Å². The Morgan fingerprint density at radius 2 is 1.65 bits per heavy atom. The molecule has 0 aliphatic heterocycles. The van der Waals surface area contributed by atoms with Crippen molar-refractivity contribution in [2.24, 2.45) is 0 Å². The summed E-state index contributed by atoms with van der Waals surface area (Å²) in [6.07, 6.45) is 0. The molecule has 0 spiro atoms. The van der Waals surface area contributed by atoms with Crippen LogP contribution in [0.15, 0.2) is 35.4 Å². The normalized spacial score (nSPS) is 11.8. The molecule has 92 valence electrons. The smallest absolute Gasteiger partial charge is 0.251 e. The highest BCUT2D eigenvalue weighted by Crippen LogP contribution is 2.09. The molecule has 1 aromatic carbocycles. The molecule has 0 aromatic heterocycles. The molecule has 0 aliphatic rings. The first-order chi connectivity index (χ1) is 7.91. The van der Waals surface area contributed by atoms with Crippen LogP contribution in [0.2, 0.25) is 0 Å². The first kappa shape index (κ1) is 13.5. The number of carbonyl (C=O) groups is 1. The summed E-state index contributed by atoms with van der Waals surface area (Å²) in [7, 11) is 0. The molecule has 1 aromatic rings. The van der Waals surface area contributed by atoms with E-state index < -0.39 is 0 Å². The van der Waals surface area contributed by atoms with Crippen LogP contribution in [0.4, 0.5) is 0 Å². The maximum atomic E-state index is 12.0. The predicted molar refractivity (Wildman–Crippen MR) is 72.2 cm³/mol. The van der Waals surface area contributed by atoms with Crippen molar-refractivity contribution in [2.45, 2.75) is 40.7 Å². The summed E-state index contributed by atoms with van der Waals surface area (Å²) in [6, 6.07) is 7.69. The van der Waals surface area contributed by atoms with Crippen LogP contribution in [-0.2, 0) is 0 Å². The van der Waals surface area contributed by atoms with Gasteiger partial charge < -0.3 is 5.32 Å². The molecule has 1 N–H and O–H groups in total. The molecule has 0 heterocycles. The van der Waals surface area contributed by atoms with Gasteiger partial charge in [-0.2, -0.15) is 0 Å². The van der Waals surface area contributed by atoms with Gasteiger partial charge in [0.05, 0.1) is 0 Å². The van der Waals surface area contributed by atoms with E-state index in [9.17, 15) is 4.79 Å². The van der Waals surface area contributed by atoms with Crippen LogP contribution in [0.1, 0.15) is 43.6 Å². The van der Waals surface area contributed by atoms with Gasteiger partial charge >= 0.3 is 0 Å². The first-order valence-corrected chi connectivity index (χ1v) is 5.93. The van der Waals surface area contributed by atoms with Crippen molar-refractivity contribution in [3.8, 4) is 0 Å². The second-order valence-electron chi connectivity index (χ2n) is 4.74. The van der Waals surface area contributed by atoms with Gasteiger partial charge in [0, 0.05) is 11.6 Å². The molecule has 0 saturated heterocycles. The quantitative estimate of drug-likeness (QED) is 0.793. The third-order valence-corrected chi connectivity index (χ3v) is 3.10. The SMILES string of the molecule is CC(C)=C(C)C(C)NC(=O)c1ccc(C)cc1. The van der Waals surface area contributed by atoms with Crippen LogP contribution in [0.5, 0.6) is 0 Å². The lowest BCUT2D eigenvalue weighted by Gasteiger charge is -2.16. The van der Waals surface area contributed by atoms with Gasteiger partial charge in [0.2, 0.25) is 0 Å². The van der Waals surface area contributed by atoms with Crippen LogP contribution < -0.4 is 5.32 Å². The predicted octanol–water partition coefficient (Wildman–Crippen LogP) is 3.47. The lowest BCUT2D eigenvalue weighted by Crippen LogP contribution is -2.33. The van der Waals surface area contributed by atoms with Crippen LogP contribution >= 0.6 is 0 Å². The van der Waals surface area contributed by atoms with Crippen molar-refractivity contribution in [3.63, 3.8) is 0 Å². The first-order valence-electron chi connectivity index (χ1n) is 5.93. The minimum atomic E-state index is -0.0156. The van der Waals surface area contributed by atoms with Gasteiger partial charge in [-0.15, -0.1) is 0 Å². The number of amides is 1. The van der Waals surface area contributed by atoms with Crippen LogP contribution in [0.3, 0.4) is 0 Å². The molecule has 1 unspecified atom stereocenters. The molecular weight excluding hydrogens is 210 g/mol. The number of hydrogen-bond acceptors (Lipinski definition) is 1. The third-order valence-electron chi connectivity index (χ3n) is 3.10. The van der Waals surface area contributed by atoms with E-state index in [1.54, 1.807) is 0 Å². The number of allylic oxidation sites excluding steroid dienone is 1. The summed E-state index contributed by atoms with van der Waals surface area (Å²) in [4.78, 5) is 12.0. The van der Waals surface area contributed by atoms with Crippen molar-refractivity contribution in [3.05, 3.63) is 46.5 Å². The number of nitrogens with one attached hydrogen (secondary N) is 1. The van der Waals surface area contributed by atoms with Gasteiger partial charge in [-0.3, -0.25) is 4.79 Å². The molecule has 1 rings (SSSR count). The topological polar surface area (TPSA) is 29.1 Å². The fourth-order valence-electron chi connectivity index (χ4n) is 1.53. The van der Waals surface area contributed by atoms with E-state index in [0.717, 1.165) is 5.56 Å². The van der Waals surface area contributed by atoms with Gasteiger partial charge in [0.15, 0.2) is 0 Å². The summed E-state index contributed by atoms with van der Waals surface area (Å²) >= 11 is 0. The average molecular weight is 231 g/mol. The molecule has 2 nitrogen and oxygen atoms in total. The Morgan fingerprint density at radius 1 is 1.12 bits per heavy atom. The van der Waals surface area contributed by atoms with Crippen molar-refractivity contribution in [1.29, 1.82) is 0 Å². The zero-order chi connectivity index (χ0) is 13.0. The molecule has 0 saturated carbocycles. The average Bonchev–Trinajstić information content (AvgIpc) is 2.28. The Hall–Kier alpha value is -1.57. The molecule has 0 bridgehead atoms. The maximum absolute atomic E-state index is 12.0. The van der Waals surface area contributed by atoms with Gasteiger partial charge in [0.1, 0.15) is 0 Å². The summed E-state index contributed by atoms with van der Waals surface area (Å²) in [5, 5.41) is 3.00. The second-order valence-corrected chi connectivity index (χ2v) is 4.74. The minimum absolute atomic E-state index is 0.0156. The Labute approximate surface area is 104 Å². The number of benzene rings is 1. The Bertz CT molecular complexity index is 425. The molecule has 2 heteroatoms. The highest BCUT2D eigenvalue weighted by Gasteiger charge is 2.11. The summed E-state index contributed by atoms with van der Waals surface area (Å²) in [5.74, 6) is -0.0156. The van der Waals surface area contributed by atoms with Gasteiger partial charge in [-0.1, -0.05) is 28.8 Å². The molecule has 1 amide bonds.